The van der Waals surface area contributed by atoms with Crippen LogP contribution in [0.3, 0.4) is 0 Å². The lowest BCUT2D eigenvalue weighted by atomic mass is 9.67. The maximum absolute atomic E-state index is 4.56. The molecule has 0 unspecified atom stereocenters. The molecule has 2 rings (SSSR count). The molecule has 0 aliphatic heterocycles. The Bertz CT molecular complexity index is 453. The summed E-state index contributed by atoms with van der Waals surface area (Å²) in [4.78, 5) is 0. The van der Waals surface area contributed by atoms with Gasteiger partial charge in [0.2, 0.25) is 0 Å². The summed E-state index contributed by atoms with van der Waals surface area (Å²) >= 11 is 0. The van der Waals surface area contributed by atoms with E-state index in [1.54, 1.807) is 0 Å². The summed E-state index contributed by atoms with van der Waals surface area (Å²) < 4.78 is 2.16. The molecule has 0 fully saturated rings. The van der Waals surface area contributed by atoms with Crippen molar-refractivity contribution in [2.45, 2.75) is 85.6 Å². The molecule has 20 heavy (non-hydrogen) atoms. The fourth-order valence-corrected chi connectivity index (χ4v) is 3.65. The highest BCUT2D eigenvalue weighted by Gasteiger charge is 2.36. The summed E-state index contributed by atoms with van der Waals surface area (Å²) in [6, 6.07) is 0. The molecule has 1 heterocycles. The average Bonchev–Trinajstić information content (AvgIpc) is 2.70. The highest BCUT2D eigenvalue weighted by atomic mass is 15.5. The molecule has 3 nitrogen and oxygen atoms in total. The Hall–Kier alpha value is -0.860. The van der Waals surface area contributed by atoms with Gasteiger partial charge in [-0.3, -0.25) is 0 Å². The SMILES string of the molecule is CC[C@@]1(C(C)C)CCCCc2c(nnn2C(C)(C)C)C1. The van der Waals surface area contributed by atoms with E-state index in [0.29, 0.717) is 11.3 Å². The van der Waals surface area contributed by atoms with Crippen LogP contribution in [0.1, 0.15) is 78.6 Å². The van der Waals surface area contributed by atoms with Crippen LogP contribution >= 0.6 is 0 Å². The molecule has 3 heteroatoms. The van der Waals surface area contributed by atoms with Gasteiger partial charge in [0.25, 0.3) is 0 Å². The largest absolute Gasteiger partial charge is 0.244 e. The Morgan fingerprint density at radius 2 is 1.95 bits per heavy atom. The second-order valence-corrected chi connectivity index (χ2v) is 7.82. The monoisotopic (exact) mass is 277 g/mol. The Balaban J connectivity index is 2.42. The van der Waals surface area contributed by atoms with Crippen LogP contribution in [0.5, 0.6) is 0 Å². The first kappa shape index (κ1) is 15.5. The van der Waals surface area contributed by atoms with E-state index in [0.717, 1.165) is 12.8 Å². The van der Waals surface area contributed by atoms with E-state index < -0.39 is 0 Å². The zero-order valence-electron chi connectivity index (χ0n) is 14.2. The van der Waals surface area contributed by atoms with Gasteiger partial charge in [-0.15, -0.1) is 5.10 Å². The number of fused-ring (bicyclic) bond motifs is 1. The number of nitrogens with zero attached hydrogens (tertiary/aromatic N) is 3. The van der Waals surface area contributed by atoms with Crippen LogP contribution in [0.15, 0.2) is 0 Å². The lowest BCUT2D eigenvalue weighted by Gasteiger charge is -2.38. The Labute approximate surface area is 124 Å². The second kappa shape index (κ2) is 5.50. The second-order valence-electron chi connectivity index (χ2n) is 7.82. The average molecular weight is 277 g/mol. The Kier molecular flexibility index (Phi) is 4.27. The first-order valence-corrected chi connectivity index (χ1v) is 8.24. The first-order chi connectivity index (χ1) is 9.30. The number of hydrogen-bond acceptors (Lipinski definition) is 2. The highest BCUT2D eigenvalue weighted by Crippen LogP contribution is 2.42. The number of aromatic nitrogens is 3. The van der Waals surface area contributed by atoms with Gasteiger partial charge in [0.05, 0.1) is 16.9 Å². The van der Waals surface area contributed by atoms with E-state index in [2.05, 4.69) is 56.5 Å². The van der Waals surface area contributed by atoms with Crippen molar-refractivity contribution in [3.8, 4) is 0 Å². The van der Waals surface area contributed by atoms with Crippen LogP contribution in [0, 0.1) is 11.3 Å². The van der Waals surface area contributed by atoms with E-state index in [9.17, 15) is 0 Å². The summed E-state index contributed by atoms with van der Waals surface area (Å²) in [7, 11) is 0. The van der Waals surface area contributed by atoms with Crippen LogP contribution < -0.4 is 0 Å². The van der Waals surface area contributed by atoms with Crippen molar-refractivity contribution in [2.24, 2.45) is 11.3 Å². The molecule has 0 saturated heterocycles. The van der Waals surface area contributed by atoms with Gasteiger partial charge in [-0.1, -0.05) is 32.4 Å². The Morgan fingerprint density at radius 3 is 2.50 bits per heavy atom. The molecule has 0 N–H and O–H groups in total. The van der Waals surface area contributed by atoms with Crippen LogP contribution in [0.2, 0.25) is 0 Å². The van der Waals surface area contributed by atoms with E-state index in [4.69, 9.17) is 0 Å². The predicted octanol–water partition coefficient (Wildman–Crippen LogP) is 4.35. The summed E-state index contributed by atoms with van der Waals surface area (Å²) in [6.07, 6.45) is 7.42. The minimum Gasteiger partial charge on any atom is -0.244 e. The van der Waals surface area contributed by atoms with Gasteiger partial charge >= 0.3 is 0 Å². The van der Waals surface area contributed by atoms with Crippen molar-refractivity contribution in [3.63, 3.8) is 0 Å². The van der Waals surface area contributed by atoms with Crippen molar-refractivity contribution in [2.75, 3.05) is 0 Å². The van der Waals surface area contributed by atoms with Crippen LogP contribution in [-0.4, -0.2) is 15.0 Å². The maximum atomic E-state index is 4.56. The molecule has 0 bridgehead atoms. The zero-order chi connectivity index (χ0) is 15.0. The van der Waals surface area contributed by atoms with E-state index in [-0.39, 0.29) is 5.54 Å². The third kappa shape index (κ3) is 2.77. The molecule has 1 aliphatic carbocycles. The van der Waals surface area contributed by atoms with Crippen molar-refractivity contribution < 1.29 is 0 Å². The van der Waals surface area contributed by atoms with Gasteiger partial charge in [-0.05, 0) is 64.2 Å². The topological polar surface area (TPSA) is 30.7 Å². The molecular formula is C17H31N3. The first-order valence-electron chi connectivity index (χ1n) is 8.24. The molecule has 1 atom stereocenters. The van der Waals surface area contributed by atoms with Gasteiger partial charge in [0.15, 0.2) is 0 Å². The molecule has 0 spiro atoms. The minimum atomic E-state index is 0.0342. The lowest BCUT2D eigenvalue weighted by Crippen LogP contribution is -2.32. The van der Waals surface area contributed by atoms with E-state index in [1.807, 2.05) is 0 Å². The third-order valence-electron chi connectivity index (χ3n) is 5.27. The molecule has 1 aromatic heterocycles. The van der Waals surface area contributed by atoms with Gasteiger partial charge in [0.1, 0.15) is 0 Å². The summed E-state index contributed by atoms with van der Waals surface area (Å²) in [5.74, 6) is 0.707. The quantitative estimate of drug-likeness (QED) is 0.804. The molecule has 0 saturated carbocycles. The number of rotatable bonds is 2. The van der Waals surface area contributed by atoms with Gasteiger partial charge in [-0.25, -0.2) is 4.68 Å². The molecular weight excluding hydrogens is 246 g/mol. The normalized spacial score (nSPS) is 24.4. The summed E-state index contributed by atoms with van der Waals surface area (Å²) in [5, 5.41) is 9.04. The molecule has 0 amide bonds. The Morgan fingerprint density at radius 1 is 1.25 bits per heavy atom. The predicted molar refractivity (Wildman–Crippen MR) is 83.8 cm³/mol. The molecule has 0 radical (unpaired) electrons. The smallest absolute Gasteiger partial charge is 0.0865 e. The van der Waals surface area contributed by atoms with E-state index in [1.165, 1.54) is 37.1 Å². The zero-order valence-corrected chi connectivity index (χ0v) is 14.2. The fraction of sp³-hybridized carbons (Fsp3) is 0.882. The van der Waals surface area contributed by atoms with Crippen LogP contribution in [0.4, 0.5) is 0 Å². The maximum Gasteiger partial charge on any atom is 0.0865 e. The molecule has 0 aromatic carbocycles. The summed E-state index contributed by atoms with van der Waals surface area (Å²) in [5.41, 5.74) is 3.09. The number of hydrogen-bond donors (Lipinski definition) is 0. The van der Waals surface area contributed by atoms with Gasteiger partial charge < -0.3 is 0 Å². The molecule has 1 aliphatic rings. The third-order valence-corrected chi connectivity index (χ3v) is 5.27. The minimum absolute atomic E-state index is 0.0342. The van der Waals surface area contributed by atoms with Gasteiger partial charge in [-0.2, -0.15) is 0 Å². The lowest BCUT2D eigenvalue weighted by molar-refractivity contribution is 0.150. The summed E-state index contributed by atoms with van der Waals surface area (Å²) in [6.45, 7) is 13.7. The van der Waals surface area contributed by atoms with Gasteiger partial charge in [0, 0.05) is 0 Å². The standard InChI is InChI=1S/C17H31N3/c1-7-17(13(2)3)11-9-8-10-15-14(12-17)18-19-20(15)16(4,5)6/h13H,7-12H2,1-6H3/t17-/m1/s1. The van der Waals surface area contributed by atoms with Crippen molar-refractivity contribution in [1.82, 2.24) is 15.0 Å². The highest BCUT2D eigenvalue weighted by molar-refractivity contribution is 5.16. The molecule has 114 valence electrons. The van der Waals surface area contributed by atoms with Crippen LogP contribution in [0.25, 0.3) is 0 Å². The van der Waals surface area contributed by atoms with Crippen LogP contribution in [-0.2, 0) is 18.4 Å². The van der Waals surface area contributed by atoms with Crippen molar-refractivity contribution in [1.29, 1.82) is 0 Å². The molecule has 1 aromatic rings. The van der Waals surface area contributed by atoms with Crippen molar-refractivity contribution >= 4 is 0 Å². The fourth-order valence-electron chi connectivity index (χ4n) is 3.65. The van der Waals surface area contributed by atoms with Crippen molar-refractivity contribution in [3.05, 3.63) is 11.4 Å². The van der Waals surface area contributed by atoms with E-state index >= 15 is 0 Å².